The fourth-order valence-electron chi connectivity index (χ4n) is 2.41. The minimum Gasteiger partial charge on any atom is -0.468 e. The quantitative estimate of drug-likeness (QED) is 0.736. The van der Waals surface area contributed by atoms with Gasteiger partial charge in [0.05, 0.1) is 12.2 Å². The molecule has 8 heteroatoms. The van der Waals surface area contributed by atoms with E-state index in [1.54, 1.807) is 0 Å². The van der Waals surface area contributed by atoms with Gasteiger partial charge in [-0.3, -0.25) is 4.79 Å². The Hall–Kier alpha value is -2.61. The Balaban J connectivity index is 1.91. The number of amides is 1. The molecule has 1 atom stereocenters. The Bertz CT molecular complexity index is 736. The normalized spacial score (nSPS) is 13.7. The minimum atomic E-state index is -4.45. The molecule has 146 valence electrons. The lowest BCUT2D eigenvalue weighted by Gasteiger charge is -2.27. The van der Waals surface area contributed by atoms with Crippen LogP contribution in [-0.2, 0) is 6.42 Å². The fraction of sp³-hybridized carbons (Fsp3) is 0.368. The van der Waals surface area contributed by atoms with Gasteiger partial charge in [0, 0.05) is 24.2 Å². The van der Waals surface area contributed by atoms with E-state index in [1.807, 2.05) is 37.3 Å². The predicted molar refractivity (Wildman–Crippen MR) is 93.5 cm³/mol. The van der Waals surface area contributed by atoms with Gasteiger partial charge in [-0.2, -0.15) is 13.2 Å². The van der Waals surface area contributed by atoms with Crippen LogP contribution in [0.4, 0.5) is 13.2 Å². The molecular formula is C19H21F3N2O3. The van der Waals surface area contributed by atoms with Crippen molar-refractivity contribution in [1.29, 1.82) is 0 Å². The maximum Gasteiger partial charge on any atom is 0.422 e. The number of aliphatic hydroxyl groups excluding tert-OH is 1. The molecule has 0 aliphatic rings. The lowest BCUT2D eigenvalue weighted by atomic mass is 9.84. The van der Waals surface area contributed by atoms with Crippen LogP contribution >= 0.6 is 0 Å². The van der Waals surface area contributed by atoms with Gasteiger partial charge in [-0.1, -0.05) is 37.3 Å². The molecule has 0 bridgehead atoms. The van der Waals surface area contributed by atoms with Gasteiger partial charge < -0.3 is 15.2 Å². The fourth-order valence-corrected chi connectivity index (χ4v) is 2.41. The van der Waals surface area contributed by atoms with E-state index in [-0.39, 0.29) is 24.6 Å². The molecular weight excluding hydrogens is 361 g/mol. The lowest BCUT2D eigenvalue weighted by Crippen LogP contribution is -2.39. The summed E-state index contributed by atoms with van der Waals surface area (Å²) in [5.74, 6) is -0.647. The highest BCUT2D eigenvalue weighted by atomic mass is 19.4. The smallest absolute Gasteiger partial charge is 0.422 e. The zero-order valence-corrected chi connectivity index (χ0v) is 14.8. The summed E-state index contributed by atoms with van der Waals surface area (Å²) in [6, 6.07) is 12.1. The third kappa shape index (κ3) is 6.90. The molecule has 2 aromatic rings. The summed E-state index contributed by atoms with van der Waals surface area (Å²) < 4.78 is 40.8. The molecule has 1 aromatic carbocycles. The number of rotatable bonds is 8. The molecule has 2 rings (SSSR count). The molecule has 0 spiro atoms. The Morgan fingerprint density at radius 3 is 2.44 bits per heavy atom. The van der Waals surface area contributed by atoms with Crippen LogP contribution in [0.1, 0.15) is 22.8 Å². The Labute approximate surface area is 155 Å². The van der Waals surface area contributed by atoms with Crippen LogP contribution in [0.5, 0.6) is 5.88 Å². The van der Waals surface area contributed by atoms with Gasteiger partial charge in [-0.05, 0) is 18.1 Å². The largest absolute Gasteiger partial charge is 0.468 e. The summed E-state index contributed by atoms with van der Waals surface area (Å²) in [6.45, 7) is 0.515. The van der Waals surface area contributed by atoms with Crippen LogP contribution in [0, 0.1) is 5.41 Å². The first-order chi connectivity index (χ1) is 12.7. The third-order valence-electron chi connectivity index (χ3n) is 3.91. The highest BCUT2D eigenvalue weighted by Gasteiger charge is 2.29. The number of aliphatic hydroxyl groups is 1. The van der Waals surface area contributed by atoms with Crippen molar-refractivity contribution in [2.24, 2.45) is 5.41 Å². The monoisotopic (exact) mass is 382 g/mol. The van der Waals surface area contributed by atoms with Crippen LogP contribution in [0.2, 0.25) is 0 Å². The summed E-state index contributed by atoms with van der Waals surface area (Å²) in [7, 11) is 0. The molecule has 0 radical (unpaired) electrons. The Morgan fingerprint density at radius 2 is 1.89 bits per heavy atom. The van der Waals surface area contributed by atoms with Crippen molar-refractivity contribution in [1.82, 2.24) is 10.3 Å². The average molecular weight is 382 g/mol. The van der Waals surface area contributed by atoms with Gasteiger partial charge in [-0.25, -0.2) is 4.98 Å². The number of carbonyl (C=O) groups is 1. The molecule has 0 saturated carbocycles. The van der Waals surface area contributed by atoms with Crippen molar-refractivity contribution >= 4 is 5.91 Å². The van der Waals surface area contributed by atoms with Crippen LogP contribution < -0.4 is 10.1 Å². The summed E-state index contributed by atoms with van der Waals surface area (Å²) in [5, 5.41) is 12.4. The molecule has 1 aromatic heterocycles. The van der Waals surface area contributed by atoms with Crippen LogP contribution in [0.25, 0.3) is 0 Å². The van der Waals surface area contributed by atoms with Crippen molar-refractivity contribution in [3.05, 3.63) is 59.8 Å². The summed E-state index contributed by atoms with van der Waals surface area (Å²) >= 11 is 0. The molecule has 1 heterocycles. The molecule has 0 aliphatic carbocycles. The number of aromatic nitrogens is 1. The molecule has 1 amide bonds. The molecule has 27 heavy (non-hydrogen) atoms. The average Bonchev–Trinajstić information content (AvgIpc) is 2.65. The third-order valence-corrected chi connectivity index (χ3v) is 3.91. The van der Waals surface area contributed by atoms with Crippen LogP contribution in [0.3, 0.4) is 0 Å². The standard InChI is InChI=1S/C19H21F3N2O3/c1-18(12-25,9-14-5-3-2-4-6-14)11-24-17(26)15-7-8-16(23-10-15)27-13-19(20,21)22/h2-8,10,25H,9,11-13H2,1H3,(H,24,26)/t18-/m1/s1. The van der Waals surface area contributed by atoms with E-state index in [9.17, 15) is 23.1 Å². The summed E-state index contributed by atoms with van der Waals surface area (Å²) in [5.41, 5.74) is 0.672. The maximum atomic E-state index is 12.2. The molecule has 0 unspecified atom stereocenters. The van der Waals surface area contributed by atoms with E-state index >= 15 is 0 Å². The van der Waals surface area contributed by atoms with E-state index in [4.69, 9.17) is 0 Å². The van der Waals surface area contributed by atoms with Gasteiger partial charge >= 0.3 is 6.18 Å². The van der Waals surface area contributed by atoms with E-state index in [0.717, 1.165) is 11.8 Å². The van der Waals surface area contributed by atoms with Crippen LogP contribution in [-0.4, -0.2) is 41.9 Å². The van der Waals surface area contributed by atoms with Gasteiger partial charge in [0.15, 0.2) is 6.61 Å². The zero-order valence-electron chi connectivity index (χ0n) is 14.8. The van der Waals surface area contributed by atoms with E-state index in [2.05, 4.69) is 15.0 Å². The van der Waals surface area contributed by atoms with Crippen molar-refractivity contribution in [3.63, 3.8) is 0 Å². The Kier molecular flexibility index (Phi) is 6.79. The summed E-state index contributed by atoms with van der Waals surface area (Å²) in [4.78, 5) is 15.9. The highest BCUT2D eigenvalue weighted by molar-refractivity contribution is 5.93. The molecule has 0 saturated heterocycles. The Morgan fingerprint density at radius 1 is 1.19 bits per heavy atom. The van der Waals surface area contributed by atoms with Crippen LogP contribution in [0.15, 0.2) is 48.7 Å². The number of ether oxygens (including phenoxy) is 1. The minimum absolute atomic E-state index is 0.120. The van der Waals surface area contributed by atoms with Gasteiger partial charge in [-0.15, -0.1) is 0 Å². The van der Waals surface area contributed by atoms with E-state index in [0.29, 0.717) is 6.42 Å². The first-order valence-corrected chi connectivity index (χ1v) is 8.29. The van der Waals surface area contributed by atoms with Crippen molar-refractivity contribution < 1.29 is 27.8 Å². The topological polar surface area (TPSA) is 71.5 Å². The maximum absolute atomic E-state index is 12.2. The first kappa shape index (κ1) is 20.7. The predicted octanol–water partition coefficient (Wildman–Crippen LogP) is 2.99. The zero-order chi connectivity index (χ0) is 19.9. The van der Waals surface area contributed by atoms with Gasteiger partial charge in [0.2, 0.25) is 5.88 Å². The molecule has 0 fully saturated rings. The van der Waals surface area contributed by atoms with Gasteiger partial charge in [0.1, 0.15) is 0 Å². The molecule has 5 nitrogen and oxygen atoms in total. The van der Waals surface area contributed by atoms with Crippen molar-refractivity contribution in [3.8, 4) is 5.88 Å². The number of halogens is 3. The number of benzene rings is 1. The number of nitrogens with one attached hydrogen (secondary N) is 1. The summed E-state index contributed by atoms with van der Waals surface area (Å²) in [6.07, 6.45) is -2.73. The van der Waals surface area contributed by atoms with E-state index < -0.39 is 24.1 Å². The first-order valence-electron chi connectivity index (χ1n) is 8.29. The molecule has 2 N–H and O–H groups in total. The second-order valence-electron chi connectivity index (χ2n) is 6.60. The second kappa shape index (κ2) is 8.85. The highest BCUT2D eigenvalue weighted by Crippen LogP contribution is 2.21. The number of alkyl halides is 3. The lowest BCUT2D eigenvalue weighted by molar-refractivity contribution is -0.154. The van der Waals surface area contributed by atoms with Crippen molar-refractivity contribution in [2.45, 2.75) is 19.5 Å². The number of hydrogen-bond acceptors (Lipinski definition) is 4. The number of carbonyl (C=O) groups excluding carboxylic acids is 1. The van der Waals surface area contributed by atoms with Gasteiger partial charge in [0.25, 0.3) is 5.91 Å². The van der Waals surface area contributed by atoms with Crippen molar-refractivity contribution in [2.75, 3.05) is 19.8 Å². The van der Waals surface area contributed by atoms with E-state index in [1.165, 1.54) is 12.1 Å². The second-order valence-corrected chi connectivity index (χ2v) is 6.60. The SMILES string of the molecule is C[C@](CO)(CNC(=O)c1ccc(OCC(F)(F)F)nc1)Cc1ccccc1. The molecule has 0 aliphatic heterocycles. The number of hydrogen-bond donors (Lipinski definition) is 2. The number of nitrogens with zero attached hydrogens (tertiary/aromatic N) is 1. The number of pyridine rings is 1.